The van der Waals surface area contributed by atoms with Crippen LogP contribution >= 0.6 is 0 Å². The lowest BCUT2D eigenvalue weighted by molar-refractivity contribution is -0.0994. The van der Waals surface area contributed by atoms with Gasteiger partial charge in [0.2, 0.25) is 0 Å². The molecular formula is C15H32O3. The first kappa shape index (κ1) is 17.9. The number of aliphatic hydroxyl groups is 2. The number of ether oxygens (including phenoxy) is 1. The van der Waals surface area contributed by atoms with E-state index in [9.17, 15) is 5.11 Å². The van der Waals surface area contributed by atoms with E-state index in [1.807, 2.05) is 6.92 Å². The highest BCUT2D eigenvalue weighted by Gasteiger charge is 2.01. The average Bonchev–Trinajstić information content (AvgIpc) is 2.36. The van der Waals surface area contributed by atoms with Crippen LogP contribution in [-0.4, -0.2) is 29.7 Å². The second kappa shape index (κ2) is 14.9. The van der Waals surface area contributed by atoms with Crippen LogP contribution in [0.25, 0.3) is 0 Å². The molecule has 0 radical (unpaired) electrons. The molecule has 0 saturated heterocycles. The van der Waals surface area contributed by atoms with Gasteiger partial charge in [-0.2, -0.15) is 0 Å². The lowest BCUT2D eigenvalue weighted by Crippen LogP contribution is -2.10. The molecule has 110 valence electrons. The van der Waals surface area contributed by atoms with Gasteiger partial charge in [0.25, 0.3) is 0 Å². The van der Waals surface area contributed by atoms with Crippen LogP contribution in [0.15, 0.2) is 0 Å². The van der Waals surface area contributed by atoms with Crippen LogP contribution in [-0.2, 0) is 4.74 Å². The van der Waals surface area contributed by atoms with Crippen molar-refractivity contribution in [1.29, 1.82) is 0 Å². The summed E-state index contributed by atoms with van der Waals surface area (Å²) < 4.78 is 5.07. The van der Waals surface area contributed by atoms with E-state index in [1.165, 1.54) is 51.4 Å². The smallest absolute Gasteiger partial charge is 0.154 e. The van der Waals surface area contributed by atoms with E-state index in [2.05, 4.69) is 0 Å². The van der Waals surface area contributed by atoms with Gasteiger partial charge >= 0.3 is 0 Å². The second-order valence-corrected chi connectivity index (χ2v) is 4.96. The SMILES string of the molecule is CCOC(O)CCCCCCCCCCCCO. The van der Waals surface area contributed by atoms with Crippen molar-refractivity contribution in [2.45, 2.75) is 83.8 Å². The highest BCUT2D eigenvalue weighted by Crippen LogP contribution is 2.12. The molecule has 2 N–H and O–H groups in total. The standard InChI is InChI=1S/C15H32O3/c1-2-18-15(17)13-11-9-7-5-3-4-6-8-10-12-14-16/h15-17H,2-14H2,1H3. The Morgan fingerprint density at radius 3 is 1.67 bits per heavy atom. The quantitative estimate of drug-likeness (QED) is 0.370. The molecule has 0 fully saturated rings. The molecule has 18 heavy (non-hydrogen) atoms. The predicted molar refractivity (Wildman–Crippen MR) is 75.5 cm³/mol. The number of hydrogen-bond acceptors (Lipinski definition) is 3. The van der Waals surface area contributed by atoms with Gasteiger partial charge in [-0.3, -0.25) is 0 Å². The Bertz CT molecular complexity index is 151. The minimum absolute atomic E-state index is 0.341. The second-order valence-electron chi connectivity index (χ2n) is 4.96. The molecule has 0 amide bonds. The number of aliphatic hydroxyl groups excluding tert-OH is 2. The van der Waals surface area contributed by atoms with Gasteiger partial charge in [0.1, 0.15) is 0 Å². The van der Waals surface area contributed by atoms with Crippen LogP contribution in [0.1, 0.15) is 77.6 Å². The van der Waals surface area contributed by atoms with Crippen LogP contribution in [0.2, 0.25) is 0 Å². The highest BCUT2D eigenvalue weighted by atomic mass is 16.6. The van der Waals surface area contributed by atoms with Gasteiger partial charge in [0, 0.05) is 13.2 Å². The molecule has 1 unspecified atom stereocenters. The fourth-order valence-electron chi connectivity index (χ4n) is 2.12. The van der Waals surface area contributed by atoms with Crippen molar-refractivity contribution in [2.24, 2.45) is 0 Å². The third-order valence-electron chi connectivity index (χ3n) is 3.22. The van der Waals surface area contributed by atoms with E-state index < -0.39 is 6.29 Å². The minimum atomic E-state index is -0.554. The zero-order chi connectivity index (χ0) is 13.5. The topological polar surface area (TPSA) is 49.7 Å². The fraction of sp³-hybridized carbons (Fsp3) is 1.00. The van der Waals surface area contributed by atoms with Gasteiger partial charge in [0.15, 0.2) is 6.29 Å². The van der Waals surface area contributed by atoms with Crippen molar-refractivity contribution in [3.05, 3.63) is 0 Å². The van der Waals surface area contributed by atoms with Crippen molar-refractivity contribution in [3.63, 3.8) is 0 Å². The first-order valence-electron chi connectivity index (χ1n) is 7.71. The summed E-state index contributed by atoms with van der Waals surface area (Å²) in [5, 5.41) is 18.0. The molecule has 3 nitrogen and oxygen atoms in total. The Labute approximate surface area is 113 Å². The van der Waals surface area contributed by atoms with Crippen molar-refractivity contribution in [2.75, 3.05) is 13.2 Å². The average molecular weight is 260 g/mol. The molecule has 0 spiro atoms. The molecule has 0 aromatic carbocycles. The molecule has 0 aliphatic carbocycles. The normalized spacial score (nSPS) is 12.8. The zero-order valence-corrected chi connectivity index (χ0v) is 12.1. The Morgan fingerprint density at radius 2 is 1.22 bits per heavy atom. The van der Waals surface area contributed by atoms with E-state index in [1.54, 1.807) is 0 Å². The molecule has 0 rings (SSSR count). The Kier molecular flexibility index (Phi) is 14.8. The van der Waals surface area contributed by atoms with Crippen LogP contribution in [0, 0.1) is 0 Å². The van der Waals surface area contributed by atoms with E-state index in [0.717, 1.165) is 19.3 Å². The first-order chi connectivity index (χ1) is 8.81. The summed E-state index contributed by atoms with van der Waals surface area (Å²) in [7, 11) is 0. The Hall–Kier alpha value is -0.120. The molecule has 0 aliphatic heterocycles. The molecule has 0 aromatic heterocycles. The van der Waals surface area contributed by atoms with E-state index in [-0.39, 0.29) is 0 Å². The van der Waals surface area contributed by atoms with Gasteiger partial charge in [-0.05, 0) is 26.2 Å². The van der Waals surface area contributed by atoms with Gasteiger partial charge in [-0.15, -0.1) is 0 Å². The van der Waals surface area contributed by atoms with Crippen LogP contribution in [0.5, 0.6) is 0 Å². The molecule has 0 bridgehead atoms. The summed E-state index contributed by atoms with van der Waals surface area (Å²) in [6.07, 6.45) is 12.4. The zero-order valence-electron chi connectivity index (χ0n) is 12.1. The summed E-state index contributed by atoms with van der Waals surface area (Å²) in [6.45, 7) is 2.84. The molecule has 1 atom stereocenters. The number of rotatable bonds is 14. The van der Waals surface area contributed by atoms with Crippen LogP contribution < -0.4 is 0 Å². The predicted octanol–water partition coefficient (Wildman–Crippen LogP) is 3.62. The maximum absolute atomic E-state index is 9.35. The summed E-state index contributed by atoms with van der Waals surface area (Å²) in [6, 6.07) is 0. The van der Waals surface area contributed by atoms with E-state index in [4.69, 9.17) is 9.84 Å². The fourth-order valence-corrected chi connectivity index (χ4v) is 2.12. The summed E-state index contributed by atoms with van der Waals surface area (Å²) >= 11 is 0. The number of unbranched alkanes of at least 4 members (excludes halogenated alkanes) is 9. The van der Waals surface area contributed by atoms with Crippen molar-refractivity contribution >= 4 is 0 Å². The summed E-state index contributed by atoms with van der Waals surface area (Å²) in [4.78, 5) is 0. The van der Waals surface area contributed by atoms with Crippen LogP contribution in [0.3, 0.4) is 0 Å². The van der Waals surface area contributed by atoms with Gasteiger partial charge < -0.3 is 14.9 Å². The number of hydrogen-bond donors (Lipinski definition) is 2. The highest BCUT2D eigenvalue weighted by molar-refractivity contribution is 4.49. The molecule has 3 heteroatoms. The molecule has 0 aliphatic rings. The molecule has 0 aromatic rings. The minimum Gasteiger partial charge on any atom is -0.396 e. The lowest BCUT2D eigenvalue weighted by atomic mass is 10.1. The molecule has 0 heterocycles. The van der Waals surface area contributed by atoms with Gasteiger partial charge in [-0.25, -0.2) is 0 Å². The van der Waals surface area contributed by atoms with Crippen LogP contribution in [0.4, 0.5) is 0 Å². The molecule has 0 saturated carbocycles. The maximum atomic E-state index is 9.35. The summed E-state index contributed by atoms with van der Waals surface area (Å²) in [5.74, 6) is 0. The first-order valence-corrected chi connectivity index (χ1v) is 7.71. The van der Waals surface area contributed by atoms with Gasteiger partial charge in [-0.1, -0.05) is 51.4 Å². The monoisotopic (exact) mass is 260 g/mol. The van der Waals surface area contributed by atoms with Gasteiger partial charge in [0.05, 0.1) is 0 Å². The summed E-state index contributed by atoms with van der Waals surface area (Å²) in [5.41, 5.74) is 0. The molecular weight excluding hydrogens is 228 g/mol. The van der Waals surface area contributed by atoms with E-state index >= 15 is 0 Å². The maximum Gasteiger partial charge on any atom is 0.154 e. The van der Waals surface area contributed by atoms with E-state index in [0.29, 0.717) is 13.2 Å². The third kappa shape index (κ3) is 13.9. The largest absolute Gasteiger partial charge is 0.396 e. The third-order valence-corrected chi connectivity index (χ3v) is 3.22. The Balaban J connectivity index is 2.98. The van der Waals surface area contributed by atoms with Crippen molar-refractivity contribution < 1.29 is 14.9 Å². The Morgan fingerprint density at radius 1 is 0.778 bits per heavy atom. The van der Waals surface area contributed by atoms with Crippen molar-refractivity contribution in [3.8, 4) is 0 Å². The lowest BCUT2D eigenvalue weighted by Gasteiger charge is -2.09. The van der Waals surface area contributed by atoms with Crippen molar-refractivity contribution in [1.82, 2.24) is 0 Å².